The van der Waals surface area contributed by atoms with Crippen LogP contribution in [0.15, 0.2) is 65.7 Å². The second-order valence-corrected chi connectivity index (χ2v) is 11.0. The molecule has 1 saturated heterocycles. The third-order valence-corrected chi connectivity index (χ3v) is 8.19. The van der Waals surface area contributed by atoms with Crippen molar-refractivity contribution >= 4 is 34.9 Å². The van der Waals surface area contributed by atoms with E-state index in [0.29, 0.717) is 53.4 Å². The highest BCUT2D eigenvalue weighted by molar-refractivity contribution is 6.24. The van der Waals surface area contributed by atoms with E-state index in [1.807, 2.05) is 23.1 Å². The summed E-state index contributed by atoms with van der Waals surface area (Å²) in [5, 5.41) is 2.86. The monoisotopic (exact) mass is 569 g/mol. The Labute approximate surface area is 243 Å². The van der Waals surface area contributed by atoms with Gasteiger partial charge in [0.25, 0.3) is 0 Å². The SMILES string of the molecule is COC(=O)c1ccc2c(c1)NC(=O)C2C(=Nc1ccc2c(c1)CN(C(=O)CN1CCN(C)CC1)C2)c1ccc(F)cc1. The minimum absolute atomic E-state index is 0.110. The first kappa shape index (κ1) is 27.7. The van der Waals surface area contributed by atoms with Crippen LogP contribution in [-0.4, -0.2) is 85.1 Å². The second-order valence-electron chi connectivity index (χ2n) is 11.0. The number of fused-ring (bicyclic) bond motifs is 2. The van der Waals surface area contributed by atoms with Gasteiger partial charge in [0, 0.05) is 45.0 Å². The minimum atomic E-state index is -0.771. The minimum Gasteiger partial charge on any atom is -0.465 e. The molecule has 0 radical (unpaired) electrons. The van der Waals surface area contributed by atoms with Gasteiger partial charge in [-0.05, 0) is 65.7 Å². The van der Waals surface area contributed by atoms with E-state index in [1.54, 1.807) is 30.3 Å². The molecule has 3 aromatic rings. The molecule has 0 bridgehead atoms. The predicted molar refractivity (Wildman–Crippen MR) is 156 cm³/mol. The molecule has 0 aliphatic carbocycles. The molecule has 216 valence electrons. The van der Waals surface area contributed by atoms with Crippen molar-refractivity contribution in [1.29, 1.82) is 0 Å². The lowest BCUT2D eigenvalue weighted by atomic mass is 9.90. The molecule has 0 spiro atoms. The fourth-order valence-corrected chi connectivity index (χ4v) is 5.76. The number of benzene rings is 3. The normalized spacial score (nSPS) is 18.9. The number of hydrogen-bond acceptors (Lipinski definition) is 7. The summed E-state index contributed by atoms with van der Waals surface area (Å²) in [5.74, 6) is -1.85. The number of aliphatic imine (C=N–C) groups is 1. The van der Waals surface area contributed by atoms with Crippen molar-refractivity contribution in [2.45, 2.75) is 19.0 Å². The van der Waals surface area contributed by atoms with Crippen LogP contribution in [0.2, 0.25) is 0 Å². The molecule has 1 atom stereocenters. The van der Waals surface area contributed by atoms with E-state index in [2.05, 4.69) is 22.2 Å². The number of carbonyl (C=O) groups is 3. The summed E-state index contributed by atoms with van der Waals surface area (Å²) in [4.78, 5) is 49.7. The lowest BCUT2D eigenvalue weighted by Crippen LogP contribution is -2.48. The van der Waals surface area contributed by atoms with E-state index in [0.717, 1.165) is 37.3 Å². The van der Waals surface area contributed by atoms with Crippen LogP contribution in [0.1, 0.15) is 38.5 Å². The maximum atomic E-state index is 13.8. The number of carbonyl (C=O) groups excluding carboxylic acids is 3. The number of nitrogens with zero attached hydrogens (tertiary/aromatic N) is 4. The maximum Gasteiger partial charge on any atom is 0.337 e. The molecule has 0 aromatic heterocycles. The Hall–Kier alpha value is -4.41. The van der Waals surface area contributed by atoms with Crippen LogP contribution >= 0.6 is 0 Å². The second kappa shape index (κ2) is 11.5. The lowest BCUT2D eigenvalue weighted by molar-refractivity contribution is -0.133. The van der Waals surface area contributed by atoms with Gasteiger partial charge in [-0.15, -0.1) is 0 Å². The Bertz CT molecular complexity index is 1580. The summed E-state index contributed by atoms with van der Waals surface area (Å²) in [5.41, 5.74) is 5.27. The maximum absolute atomic E-state index is 13.8. The van der Waals surface area contributed by atoms with Gasteiger partial charge in [0.15, 0.2) is 0 Å². The number of ether oxygens (including phenoxy) is 1. The molecule has 3 aromatic carbocycles. The van der Waals surface area contributed by atoms with Crippen molar-refractivity contribution in [2.24, 2.45) is 4.99 Å². The van der Waals surface area contributed by atoms with E-state index in [4.69, 9.17) is 9.73 Å². The smallest absolute Gasteiger partial charge is 0.337 e. The fourth-order valence-electron chi connectivity index (χ4n) is 5.76. The molecule has 3 heterocycles. The first-order valence-electron chi connectivity index (χ1n) is 14.0. The average Bonchev–Trinajstić information content (AvgIpc) is 3.56. The zero-order valence-electron chi connectivity index (χ0n) is 23.6. The number of halogens is 1. The first-order chi connectivity index (χ1) is 20.3. The molecule has 10 heteroatoms. The molecule has 9 nitrogen and oxygen atoms in total. The summed E-state index contributed by atoms with van der Waals surface area (Å²) >= 11 is 0. The van der Waals surface area contributed by atoms with Gasteiger partial charge in [-0.1, -0.05) is 24.3 Å². The number of amides is 2. The summed E-state index contributed by atoms with van der Waals surface area (Å²) < 4.78 is 18.7. The number of likely N-dealkylation sites (N-methyl/N-ethyl adjacent to an activating group) is 1. The average molecular weight is 570 g/mol. The summed E-state index contributed by atoms with van der Waals surface area (Å²) in [6.07, 6.45) is 0. The van der Waals surface area contributed by atoms with Gasteiger partial charge in [0.05, 0.1) is 30.6 Å². The number of nitrogens with one attached hydrogen (secondary N) is 1. The Morgan fingerprint density at radius 2 is 1.67 bits per heavy atom. The van der Waals surface area contributed by atoms with E-state index in [9.17, 15) is 18.8 Å². The molecule has 3 aliphatic heterocycles. The van der Waals surface area contributed by atoms with Crippen LogP contribution < -0.4 is 5.32 Å². The van der Waals surface area contributed by atoms with Crippen LogP contribution in [-0.2, 0) is 27.4 Å². The number of rotatable bonds is 6. The number of piperazine rings is 1. The largest absolute Gasteiger partial charge is 0.465 e. The van der Waals surface area contributed by atoms with Crippen molar-refractivity contribution in [3.63, 3.8) is 0 Å². The third kappa shape index (κ3) is 5.55. The Balaban J connectivity index is 1.28. The van der Waals surface area contributed by atoms with E-state index >= 15 is 0 Å². The molecule has 0 saturated carbocycles. The van der Waals surface area contributed by atoms with Crippen LogP contribution in [0.4, 0.5) is 15.8 Å². The van der Waals surface area contributed by atoms with Crippen LogP contribution in [0.5, 0.6) is 0 Å². The number of esters is 1. The van der Waals surface area contributed by atoms with Gasteiger partial charge in [0.2, 0.25) is 11.8 Å². The lowest BCUT2D eigenvalue weighted by Gasteiger charge is -2.32. The van der Waals surface area contributed by atoms with Crippen molar-refractivity contribution in [3.8, 4) is 0 Å². The molecule has 1 fully saturated rings. The van der Waals surface area contributed by atoms with Gasteiger partial charge in [-0.25, -0.2) is 9.18 Å². The Morgan fingerprint density at radius 1 is 0.952 bits per heavy atom. The number of methoxy groups -OCH3 is 1. The Kier molecular flexibility index (Phi) is 7.57. The Morgan fingerprint density at radius 3 is 2.40 bits per heavy atom. The molecule has 3 aliphatic rings. The van der Waals surface area contributed by atoms with Gasteiger partial charge in [0.1, 0.15) is 11.7 Å². The number of anilines is 1. The van der Waals surface area contributed by atoms with Crippen LogP contribution in [0.25, 0.3) is 0 Å². The molecule has 1 N–H and O–H groups in total. The highest BCUT2D eigenvalue weighted by Crippen LogP contribution is 2.37. The molecule has 42 heavy (non-hydrogen) atoms. The van der Waals surface area contributed by atoms with Crippen LogP contribution in [0, 0.1) is 5.82 Å². The van der Waals surface area contributed by atoms with Crippen molar-refractivity contribution in [3.05, 3.63) is 94.3 Å². The zero-order chi connectivity index (χ0) is 29.4. The van der Waals surface area contributed by atoms with E-state index < -0.39 is 17.7 Å². The van der Waals surface area contributed by atoms with Crippen molar-refractivity contribution < 1.29 is 23.5 Å². The predicted octanol–water partition coefficient (Wildman–Crippen LogP) is 3.56. The highest BCUT2D eigenvalue weighted by Gasteiger charge is 2.36. The molecular weight excluding hydrogens is 537 g/mol. The number of hydrogen-bond donors (Lipinski definition) is 1. The van der Waals surface area contributed by atoms with Crippen LogP contribution in [0.3, 0.4) is 0 Å². The quantitative estimate of drug-likeness (QED) is 0.361. The zero-order valence-corrected chi connectivity index (χ0v) is 23.6. The van der Waals surface area contributed by atoms with Gasteiger partial charge in [-0.2, -0.15) is 0 Å². The first-order valence-corrected chi connectivity index (χ1v) is 14.0. The van der Waals surface area contributed by atoms with Gasteiger partial charge >= 0.3 is 5.97 Å². The van der Waals surface area contributed by atoms with Gasteiger partial charge in [-0.3, -0.25) is 19.5 Å². The molecule has 2 amide bonds. The summed E-state index contributed by atoms with van der Waals surface area (Å²) in [6, 6.07) is 16.6. The van der Waals surface area contributed by atoms with E-state index in [1.165, 1.54) is 19.2 Å². The van der Waals surface area contributed by atoms with Crippen molar-refractivity contribution in [1.82, 2.24) is 14.7 Å². The molecule has 6 rings (SSSR count). The fraction of sp³-hybridized carbons (Fsp3) is 0.312. The summed E-state index contributed by atoms with van der Waals surface area (Å²) in [7, 11) is 3.40. The van der Waals surface area contributed by atoms with Gasteiger partial charge < -0.3 is 19.9 Å². The molecule has 1 unspecified atom stereocenters. The van der Waals surface area contributed by atoms with Crippen molar-refractivity contribution in [2.75, 3.05) is 52.2 Å². The highest BCUT2D eigenvalue weighted by atomic mass is 19.1. The van der Waals surface area contributed by atoms with E-state index in [-0.39, 0.29) is 11.8 Å². The standard InChI is InChI=1S/C32H32FN5O4/c1-36-11-13-37(14-12-36)19-28(39)38-17-22-5-9-25(15-23(22)18-38)34-30(20-3-7-24(33)8-4-20)29-26-10-6-21(32(41)42-2)16-27(26)35-31(29)40/h3-10,15-16,29H,11-14,17-19H2,1-2H3,(H,35,40). The summed E-state index contributed by atoms with van der Waals surface area (Å²) in [6.45, 7) is 5.15. The third-order valence-electron chi connectivity index (χ3n) is 8.19. The topological polar surface area (TPSA) is 94.5 Å². The molecular formula is C32H32FN5O4.